The van der Waals surface area contributed by atoms with Crippen LogP contribution in [0.25, 0.3) is 0 Å². The van der Waals surface area contributed by atoms with Crippen LogP contribution in [-0.4, -0.2) is 18.2 Å². The molecule has 0 aromatic heterocycles. The predicted octanol–water partition coefficient (Wildman–Crippen LogP) is 3.57. The van der Waals surface area contributed by atoms with Gasteiger partial charge in [0.2, 0.25) is 0 Å². The quantitative estimate of drug-likeness (QED) is 0.864. The van der Waals surface area contributed by atoms with Gasteiger partial charge in [0.25, 0.3) is 0 Å². The van der Waals surface area contributed by atoms with E-state index in [4.69, 9.17) is 5.11 Å². The maximum atomic E-state index is 9.06. The Morgan fingerprint density at radius 2 is 1.81 bits per heavy atom. The van der Waals surface area contributed by atoms with Crippen LogP contribution in [-0.2, 0) is 6.61 Å². The highest BCUT2D eigenvalue weighted by atomic mass is 79.9. The number of nitrogens with zero attached hydrogens (tertiary/aromatic N) is 1. The molecule has 3 heteroatoms. The third kappa shape index (κ3) is 3.49. The normalized spacial score (nSPS) is 10.5. The number of rotatable bonds is 6. The topological polar surface area (TPSA) is 23.5 Å². The van der Waals surface area contributed by atoms with E-state index in [1.165, 1.54) is 5.69 Å². The molecule has 0 heterocycles. The second kappa shape index (κ2) is 6.92. The summed E-state index contributed by atoms with van der Waals surface area (Å²) >= 11 is 3.58. The SMILES string of the molecule is CCCN(CCC)c1ccc(CO)cc1Br. The van der Waals surface area contributed by atoms with Gasteiger partial charge in [-0.2, -0.15) is 0 Å². The molecule has 16 heavy (non-hydrogen) atoms. The van der Waals surface area contributed by atoms with Crippen molar-refractivity contribution in [3.8, 4) is 0 Å². The summed E-state index contributed by atoms with van der Waals surface area (Å²) in [6.07, 6.45) is 2.29. The lowest BCUT2D eigenvalue weighted by atomic mass is 10.2. The van der Waals surface area contributed by atoms with Crippen LogP contribution in [0.3, 0.4) is 0 Å². The molecule has 0 unspecified atom stereocenters. The standard InChI is InChI=1S/C13H20BrNO/c1-3-7-15(8-4-2)13-6-5-11(10-16)9-12(13)14/h5-6,9,16H,3-4,7-8,10H2,1-2H3. The lowest BCUT2D eigenvalue weighted by Crippen LogP contribution is -2.25. The van der Waals surface area contributed by atoms with E-state index in [2.05, 4.69) is 40.7 Å². The first-order valence-electron chi connectivity index (χ1n) is 5.87. The molecule has 1 rings (SSSR count). The Morgan fingerprint density at radius 1 is 1.19 bits per heavy atom. The van der Waals surface area contributed by atoms with Crippen LogP contribution in [0, 0.1) is 0 Å². The summed E-state index contributed by atoms with van der Waals surface area (Å²) < 4.78 is 1.07. The smallest absolute Gasteiger partial charge is 0.0682 e. The maximum Gasteiger partial charge on any atom is 0.0682 e. The molecular formula is C13H20BrNO. The molecule has 0 atom stereocenters. The summed E-state index contributed by atoms with van der Waals surface area (Å²) in [5.41, 5.74) is 2.17. The van der Waals surface area contributed by atoms with Crippen molar-refractivity contribution in [2.75, 3.05) is 18.0 Å². The molecule has 0 spiro atoms. The van der Waals surface area contributed by atoms with Gasteiger partial charge in [-0.05, 0) is 46.5 Å². The van der Waals surface area contributed by atoms with E-state index < -0.39 is 0 Å². The Bertz CT molecular complexity index is 322. The minimum Gasteiger partial charge on any atom is -0.392 e. The Balaban J connectivity index is 2.90. The van der Waals surface area contributed by atoms with Gasteiger partial charge in [0.05, 0.1) is 12.3 Å². The Morgan fingerprint density at radius 3 is 2.25 bits per heavy atom. The average molecular weight is 286 g/mol. The molecule has 0 saturated heterocycles. The number of aliphatic hydroxyl groups excluding tert-OH is 1. The first kappa shape index (κ1) is 13.5. The minimum absolute atomic E-state index is 0.0977. The van der Waals surface area contributed by atoms with Crippen LogP contribution in [0.5, 0.6) is 0 Å². The predicted molar refractivity (Wildman–Crippen MR) is 72.9 cm³/mol. The molecule has 0 aliphatic heterocycles. The van der Waals surface area contributed by atoms with Crippen molar-refractivity contribution in [2.24, 2.45) is 0 Å². The molecule has 0 saturated carbocycles. The molecule has 2 nitrogen and oxygen atoms in total. The molecule has 0 aliphatic rings. The van der Waals surface area contributed by atoms with Crippen molar-refractivity contribution in [1.82, 2.24) is 0 Å². The van der Waals surface area contributed by atoms with Crippen LogP contribution < -0.4 is 4.90 Å². The van der Waals surface area contributed by atoms with Crippen LogP contribution in [0.1, 0.15) is 32.3 Å². The van der Waals surface area contributed by atoms with Crippen LogP contribution >= 0.6 is 15.9 Å². The summed E-state index contributed by atoms with van der Waals surface area (Å²) in [7, 11) is 0. The monoisotopic (exact) mass is 285 g/mol. The van der Waals surface area contributed by atoms with Crippen molar-refractivity contribution in [3.63, 3.8) is 0 Å². The van der Waals surface area contributed by atoms with Crippen molar-refractivity contribution in [1.29, 1.82) is 0 Å². The summed E-state index contributed by atoms with van der Waals surface area (Å²) in [5.74, 6) is 0. The highest BCUT2D eigenvalue weighted by Crippen LogP contribution is 2.27. The molecular weight excluding hydrogens is 266 g/mol. The Kier molecular flexibility index (Phi) is 5.85. The minimum atomic E-state index is 0.0977. The van der Waals surface area contributed by atoms with Gasteiger partial charge in [-0.25, -0.2) is 0 Å². The van der Waals surface area contributed by atoms with Crippen molar-refractivity contribution in [2.45, 2.75) is 33.3 Å². The van der Waals surface area contributed by atoms with Gasteiger partial charge < -0.3 is 10.0 Å². The largest absolute Gasteiger partial charge is 0.392 e. The van der Waals surface area contributed by atoms with E-state index in [-0.39, 0.29) is 6.61 Å². The zero-order valence-electron chi connectivity index (χ0n) is 10.0. The van der Waals surface area contributed by atoms with Crippen LogP contribution in [0.2, 0.25) is 0 Å². The highest BCUT2D eigenvalue weighted by Gasteiger charge is 2.08. The molecule has 0 bridgehead atoms. The van der Waals surface area contributed by atoms with Crippen molar-refractivity contribution >= 4 is 21.6 Å². The summed E-state index contributed by atoms with van der Waals surface area (Å²) in [6.45, 7) is 6.63. The molecule has 1 aromatic rings. The van der Waals surface area contributed by atoms with Gasteiger partial charge in [-0.15, -0.1) is 0 Å². The summed E-state index contributed by atoms with van der Waals surface area (Å²) in [4.78, 5) is 2.38. The van der Waals surface area contributed by atoms with Gasteiger partial charge in [-0.1, -0.05) is 19.9 Å². The molecule has 0 fully saturated rings. The lowest BCUT2D eigenvalue weighted by molar-refractivity contribution is 0.282. The number of aliphatic hydroxyl groups is 1. The summed E-state index contributed by atoms with van der Waals surface area (Å²) in [6, 6.07) is 6.06. The van der Waals surface area contributed by atoms with Crippen LogP contribution in [0.15, 0.2) is 22.7 Å². The molecule has 1 N–H and O–H groups in total. The number of benzene rings is 1. The number of hydrogen-bond acceptors (Lipinski definition) is 2. The first-order chi connectivity index (χ1) is 7.72. The van der Waals surface area contributed by atoms with Gasteiger partial charge in [0.1, 0.15) is 0 Å². The van der Waals surface area contributed by atoms with E-state index in [9.17, 15) is 0 Å². The lowest BCUT2D eigenvalue weighted by Gasteiger charge is -2.25. The molecule has 0 aliphatic carbocycles. The van der Waals surface area contributed by atoms with E-state index in [1.54, 1.807) is 0 Å². The van der Waals surface area contributed by atoms with E-state index in [1.807, 2.05) is 12.1 Å². The fourth-order valence-corrected chi connectivity index (χ4v) is 2.47. The van der Waals surface area contributed by atoms with Gasteiger partial charge in [-0.3, -0.25) is 0 Å². The van der Waals surface area contributed by atoms with E-state index in [0.29, 0.717) is 0 Å². The van der Waals surface area contributed by atoms with Gasteiger partial charge in [0.15, 0.2) is 0 Å². The van der Waals surface area contributed by atoms with Crippen molar-refractivity contribution in [3.05, 3.63) is 28.2 Å². The van der Waals surface area contributed by atoms with Crippen LogP contribution in [0.4, 0.5) is 5.69 Å². The van der Waals surface area contributed by atoms with Gasteiger partial charge >= 0.3 is 0 Å². The fourth-order valence-electron chi connectivity index (χ4n) is 1.80. The fraction of sp³-hybridized carbons (Fsp3) is 0.538. The zero-order chi connectivity index (χ0) is 12.0. The Labute approximate surface area is 106 Å². The zero-order valence-corrected chi connectivity index (χ0v) is 11.6. The molecule has 90 valence electrons. The third-order valence-electron chi connectivity index (χ3n) is 2.52. The number of anilines is 1. The van der Waals surface area contributed by atoms with Crippen molar-refractivity contribution < 1.29 is 5.11 Å². The second-order valence-corrected chi connectivity index (χ2v) is 4.79. The number of hydrogen-bond donors (Lipinski definition) is 1. The molecule has 0 amide bonds. The average Bonchev–Trinajstić information content (AvgIpc) is 2.29. The first-order valence-corrected chi connectivity index (χ1v) is 6.66. The number of halogens is 1. The third-order valence-corrected chi connectivity index (χ3v) is 3.16. The Hall–Kier alpha value is -0.540. The maximum absolute atomic E-state index is 9.06. The molecule has 0 radical (unpaired) electrons. The van der Waals surface area contributed by atoms with E-state index in [0.717, 1.165) is 36.0 Å². The van der Waals surface area contributed by atoms with Gasteiger partial charge in [0, 0.05) is 17.6 Å². The summed E-state index contributed by atoms with van der Waals surface area (Å²) in [5, 5.41) is 9.06. The highest BCUT2D eigenvalue weighted by molar-refractivity contribution is 9.10. The molecule has 1 aromatic carbocycles. The second-order valence-electron chi connectivity index (χ2n) is 3.93. The van der Waals surface area contributed by atoms with E-state index >= 15 is 0 Å².